The zero-order valence-electron chi connectivity index (χ0n) is 20.8. The van der Waals surface area contributed by atoms with Crippen LogP contribution in [0.4, 0.5) is 43.7 Å². The predicted molar refractivity (Wildman–Crippen MR) is 154 cm³/mol. The van der Waals surface area contributed by atoms with Crippen molar-refractivity contribution < 1.29 is 13.6 Å². The minimum absolute atomic E-state index is 0.164. The summed E-state index contributed by atoms with van der Waals surface area (Å²) in [6, 6.07) is 25.5. The van der Waals surface area contributed by atoms with Crippen LogP contribution in [0.3, 0.4) is 0 Å². The fourth-order valence-electron chi connectivity index (χ4n) is 3.59. The van der Waals surface area contributed by atoms with Gasteiger partial charge in [0.2, 0.25) is 17.8 Å². The Balaban J connectivity index is 1.34. The lowest BCUT2D eigenvalue weighted by Gasteiger charge is -2.12. The van der Waals surface area contributed by atoms with Crippen LogP contribution in [-0.4, -0.2) is 20.7 Å². The van der Waals surface area contributed by atoms with Gasteiger partial charge in [0.05, 0.1) is 0 Å². The van der Waals surface area contributed by atoms with Gasteiger partial charge in [-0.1, -0.05) is 29.8 Å². The van der Waals surface area contributed by atoms with Crippen molar-refractivity contribution in [3.8, 4) is 0 Å². The highest BCUT2D eigenvalue weighted by atomic mass is 35.5. The van der Waals surface area contributed by atoms with Crippen molar-refractivity contribution in [2.24, 2.45) is 0 Å². The highest BCUT2D eigenvalue weighted by Gasteiger charge is 2.10. The van der Waals surface area contributed by atoms with Crippen molar-refractivity contribution >= 4 is 58.4 Å². The van der Waals surface area contributed by atoms with Crippen molar-refractivity contribution in [3.05, 3.63) is 131 Å². The van der Waals surface area contributed by atoms with Crippen molar-refractivity contribution in [2.45, 2.75) is 0 Å². The van der Waals surface area contributed by atoms with Crippen LogP contribution >= 0.6 is 11.6 Å². The first-order chi connectivity index (χ1) is 19.4. The van der Waals surface area contributed by atoms with E-state index in [2.05, 4.69) is 30.9 Å². The molecule has 0 spiro atoms. The third-order valence-corrected chi connectivity index (χ3v) is 5.77. The SMILES string of the molecule is O=C(/C=C/c1cccc(Cl)c1)c1ccc(Nc2nc(Nc3ccc(F)cc3)nc(Nc3ccc(F)cc3)n2)cc1. The number of rotatable bonds is 9. The zero-order valence-corrected chi connectivity index (χ0v) is 21.5. The van der Waals surface area contributed by atoms with Crippen LogP contribution in [0.1, 0.15) is 15.9 Å². The number of aromatic nitrogens is 3. The maximum Gasteiger partial charge on any atom is 0.233 e. The quantitative estimate of drug-likeness (QED) is 0.126. The first-order valence-corrected chi connectivity index (χ1v) is 12.4. The molecule has 4 aromatic carbocycles. The van der Waals surface area contributed by atoms with Crippen molar-refractivity contribution in [1.29, 1.82) is 0 Å². The smallest absolute Gasteiger partial charge is 0.233 e. The summed E-state index contributed by atoms with van der Waals surface area (Å²) in [7, 11) is 0. The van der Waals surface area contributed by atoms with Crippen LogP contribution in [0.2, 0.25) is 5.02 Å². The van der Waals surface area contributed by atoms with Gasteiger partial charge in [0.25, 0.3) is 0 Å². The van der Waals surface area contributed by atoms with Crippen LogP contribution in [-0.2, 0) is 0 Å². The molecule has 5 rings (SSSR count). The molecule has 0 aliphatic heterocycles. The summed E-state index contributed by atoms with van der Waals surface area (Å²) in [4.78, 5) is 25.8. The van der Waals surface area contributed by atoms with Crippen molar-refractivity contribution in [2.75, 3.05) is 16.0 Å². The summed E-state index contributed by atoms with van der Waals surface area (Å²) in [5.41, 5.74) is 3.09. The molecule has 0 unspecified atom stereocenters. The second kappa shape index (κ2) is 12.1. The monoisotopic (exact) mass is 554 g/mol. The highest BCUT2D eigenvalue weighted by Crippen LogP contribution is 2.22. The molecule has 198 valence electrons. The molecule has 7 nitrogen and oxygen atoms in total. The number of benzene rings is 4. The molecule has 5 aromatic rings. The molecule has 10 heteroatoms. The zero-order chi connectivity index (χ0) is 27.9. The topological polar surface area (TPSA) is 91.8 Å². The van der Waals surface area contributed by atoms with E-state index < -0.39 is 0 Å². The molecule has 0 bridgehead atoms. The van der Waals surface area contributed by atoms with E-state index in [1.807, 2.05) is 12.1 Å². The molecule has 3 N–H and O–H groups in total. The largest absolute Gasteiger partial charge is 0.324 e. The van der Waals surface area contributed by atoms with Gasteiger partial charge < -0.3 is 16.0 Å². The van der Waals surface area contributed by atoms with Gasteiger partial charge in [-0.15, -0.1) is 0 Å². The van der Waals surface area contributed by atoms with Gasteiger partial charge in [0.1, 0.15) is 11.6 Å². The number of hydrogen-bond acceptors (Lipinski definition) is 7. The molecular formula is C30H21ClF2N6O. The number of ketones is 1. The fourth-order valence-corrected chi connectivity index (χ4v) is 3.79. The maximum atomic E-state index is 13.3. The standard InChI is InChI=1S/C30H21ClF2N6O/c31-21-3-1-2-19(18-21)4-17-27(40)20-5-11-24(12-6-20)34-28-37-29(35-25-13-7-22(32)8-14-25)39-30(38-28)36-26-15-9-23(33)10-16-26/h1-18H,(H3,34,35,36,37,38,39)/b17-4+. The Morgan fingerprint density at radius 1 is 0.650 bits per heavy atom. The number of carbonyl (C=O) groups excluding carboxylic acids is 1. The third-order valence-electron chi connectivity index (χ3n) is 5.54. The molecule has 0 aliphatic rings. The highest BCUT2D eigenvalue weighted by molar-refractivity contribution is 6.30. The summed E-state index contributed by atoms with van der Waals surface area (Å²) in [6.45, 7) is 0. The predicted octanol–water partition coefficient (Wildman–Crippen LogP) is 7.93. The van der Waals surface area contributed by atoms with E-state index in [9.17, 15) is 13.6 Å². The summed E-state index contributed by atoms with van der Waals surface area (Å²) in [5.74, 6) is -0.334. The lowest BCUT2D eigenvalue weighted by molar-refractivity contribution is 0.104. The minimum atomic E-state index is -0.371. The number of hydrogen-bond donors (Lipinski definition) is 3. The third kappa shape index (κ3) is 7.24. The molecule has 0 saturated carbocycles. The Morgan fingerprint density at radius 3 is 1.55 bits per heavy atom. The van der Waals surface area contributed by atoms with Crippen molar-refractivity contribution in [3.63, 3.8) is 0 Å². The van der Waals surface area contributed by atoms with Gasteiger partial charge in [-0.25, -0.2) is 8.78 Å². The number of nitrogens with zero attached hydrogens (tertiary/aromatic N) is 3. The Labute approximate surface area is 233 Å². The van der Waals surface area contributed by atoms with Gasteiger partial charge in [-0.2, -0.15) is 15.0 Å². The molecule has 0 saturated heterocycles. The summed E-state index contributed by atoms with van der Waals surface area (Å²) >= 11 is 6.00. The van der Waals surface area contributed by atoms with Crippen molar-refractivity contribution in [1.82, 2.24) is 15.0 Å². The lowest BCUT2D eigenvalue weighted by atomic mass is 10.1. The Morgan fingerprint density at radius 2 is 1.10 bits per heavy atom. The Hall–Kier alpha value is -5.15. The van der Waals surface area contributed by atoms with E-state index in [4.69, 9.17) is 11.6 Å². The number of nitrogens with one attached hydrogen (secondary N) is 3. The molecule has 0 radical (unpaired) electrons. The molecule has 1 aromatic heterocycles. The average Bonchev–Trinajstić information content (AvgIpc) is 2.95. The number of carbonyl (C=O) groups is 1. The second-order valence-electron chi connectivity index (χ2n) is 8.52. The summed E-state index contributed by atoms with van der Waals surface area (Å²) in [6.07, 6.45) is 3.19. The fraction of sp³-hybridized carbons (Fsp3) is 0. The van der Waals surface area contributed by atoms with E-state index in [1.54, 1.807) is 66.7 Å². The minimum Gasteiger partial charge on any atom is -0.324 e. The number of allylic oxidation sites excluding steroid dienone is 1. The lowest BCUT2D eigenvalue weighted by Crippen LogP contribution is -2.07. The van der Waals surface area contributed by atoms with Gasteiger partial charge in [-0.05, 0) is 96.6 Å². The number of anilines is 6. The van der Waals surface area contributed by atoms with Crippen LogP contribution in [0.5, 0.6) is 0 Å². The van der Waals surface area contributed by atoms with Gasteiger partial charge >= 0.3 is 0 Å². The molecule has 0 fully saturated rings. The first-order valence-electron chi connectivity index (χ1n) is 12.1. The summed E-state index contributed by atoms with van der Waals surface area (Å²) in [5, 5.41) is 9.73. The van der Waals surface area contributed by atoms with E-state index in [1.165, 1.54) is 30.3 Å². The van der Waals surface area contributed by atoms with Gasteiger partial charge in [0.15, 0.2) is 5.78 Å². The molecule has 0 aliphatic carbocycles. The van der Waals surface area contributed by atoms with E-state index in [-0.39, 0.29) is 35.3 Å². The average molecular weight is 555 g/mol. The van der Waals surface area contributed by atoms with E-state index >= 15 is 0 Å². The number of halogens is 3. The van der Waals surface area contributed by atoms with Gasteiger partial charge in [-0.3, -0.25) is 4.79 Å². The molecule has 0 amide bonds. The molecular weight excluding hydrogens is 534 g/mol. The summed E-state index contributed by atoms with van der Waals surface area (Å²) < 4.78 is 26.7. The van der Waals surface area contributed by atoms with Crippen LogP contribution in [0, 0.1) is 11.6 Å². The Bertz CT molecular complexity index is 1590. The van der Waals surface area contributed by atoms with E-state index in [0.717, 1.165) is 5.56 Å². The normalized spacial score (nSPS) is 10.9. The van der Waals surface area contributed by atoms with Crippen LogP contribution in [0.15, 0.2) is 103 Å². The van der Waals surface area contributed by atoms with Crippen LogP contribution in [0.25, 0.3) is 6.08 Å². The van der Waals surface area contributed by atoms with E-state index in [0.29, 0.717) is 27.6 Å². The molecule has 1 heterocycles. The van der Waals surface area contributed by atoms with Gasteiger partial charge in [0, 0.05) is 27.6 Å². The second-order valence-corrected chi connectivity index (χ2v) is 8.96. The van der Waals surface area contributed by atoms with Crippen LogP contribution < -0.4 is 16.0 Å². The first kappa shape index (κ1) is 26.5. The maximum absolute atomic E-state index is 13.3. The molecule has 0 atom stereocenters. The Kier molecular flexibility index (Phi) is 8.03. The molecule has 40 heavy (non-hydrogen) atoms.